The number of benzene rings is 1. The maximum absolute atomic E-state index is 14.5. The number of nitrogens with two attached hydrogens (primary N) is 1. The number of nitrogens with zero attached hydrogens (tertiary/aromatic N) is 5. The van der Waals surface area contributed by atoms with Gasteiger partial charge in [-0.2, -0.15) is 5.26 Å². The monoisotopic (exact) mass is 409 g/mol. The third-order valence-corrected chi connectivity index (χ3v) is 5.96. The van der Waals surface area contributed by atoms with E-state index in [9.17, 15) is 8.60 Å². The third kappa shape index (κ3) is 3.60. The van der Waals surface area contributed by atoms with Gasteiger partial charge < -0.3 is 11.1 Å². The summed E-state index contributed by atoms with van der Waals surface area (Å²) >= 11 is 0. The van der Waals surface area contributed by atoms with Gasteiger partial charge in [0.1, 0.15) is 28.4 Å². The lowest BCUT2D eigenvalue weighted by atomic mass is 10.1. The number of hydrogen-bond acceptors (Lipinski definition) is 7. The molecular weight excluding hydrogens is 393 g/mol. The van der Waals surface area contributed by atoms with Crippen molar-refractivity contribution in [2.45, 2.75) is 6.04 Å². The molecule has 0 saturated carbocycles. The van der Waals surface area contributed by atoms with Crippen LogP contribution < -0.4 is 11.1 Å². The molecule has 4 rings (SSSR count). The first-order valence-corrected chi connectivity index (χ1v) is 9.90. The standard InChI is InChI=1S/C19H16FN7OS/c1-27-19(22)26-16(10-29(27)28)14-7-13(2-3-15(14)20)25-18-17-12(4-5-23-18)6-11(8-21)9-24-17/h2-7,9,16H,10H2,1H3,(H2,22,26)(H,23,25). The molecule has 0 aliphatic carbocycles. The molecule has 8 nitrogen and oxygen atoms in total. The fourth-order valence-electron chi connectivity index (χ4n) is 3.01. The Kier molecular flexibility index (Phi) is 4.82. The molecule has 1 aromatic carbocycles. The molecule has 1 aliphatic rings. The summed E-state index contributed by atoms with van der Waals surface area (Å²) in [6, 6.07) is 9.37. The average molecular weight is 409 g/mol. The molecule has 3 heterocycles. The lowest BCUT2D eigenvalue weighted by Gasteiger charge is -2.26. The van der Waals surface area contributed by atoms with Crippen LogP contribution in [0.5, 0.6) is 0 Å². The maximum atomic E-state index is 14.5. The van der Waals surface area contributed by atoms with Gasteiger partial charge >= 0.3 is 0 Å². The molecule has 3 N–H and O–H groups in total. The largest absolute Gasteiger partial charge is 0.369 e. The smallest absolute Gasteiger partial charge is 0.203 e. The lowest BCUT2D eigenvalue weighted by Crippen LogP contribution is -2.41. The molecule has 0 fully saturated rings. The molecule has 0 radical (unpaired) electrons. The van der Waals surface area contributed by atoms with Gasteiger partial charge in [-0.05, 0) is 30.3 Å². The molecule has 3 aromatic rings. The molecule has 2 atom stereocenters. The van der Waals surface area contributed by atoms with Crippen LogP contribution in [0.3, 0.4) is 0 Å². The van der Waals surface area contributed by atoms with Crippen molar-refractivity contribution in [1.82, 2.24) is 14.3 Å². The van der Waals surface area contributed by atoms with Crippen molar-refractivity contribution in [2.24, 2.45) is 10.7 Å². The number of aliphatic imine (C=N–C) groups is 1. The third-order valence-electron chi connectivity index (χ3n) is 4.56. The van der Waals surface area contributed by atoms with Crippen LogP contribution in [0.15, 0.2) is 47.7 Å². The molecule has 0 spiro atoms. The van der Waals surface area contributed by atoms with Crippen LogP contribution in [-0.4, -0.2) is 37.2 Å². The van der Waals surface area contributed by atoms with Crippen LogP contribution in [-0.2, 0) is 11.0 Å². The van der Waals surface area contributed by atoms with E-state index in [4.69, 9.17) is 11.0 Å². The minimum Gasteiger partial charge on any atom is -0.369 e. The van der Waals surface area contributed by atoms with Gasteiger partial charge in [-0.25, -0.2) is 18.6 Å². The Bertz CT molecular complexity index is 1210. The van der Waals surface area contributed by atoms with E-state index < -0.39 is 22.8 Å². The summed E-state index contributed by atoms with van der Waals surface area (Å²) in [4.78, 5) is 12.9. The molecule has 2 unspecified atom stereocenters. The van der Waals surface area contributed by atoms with Crippen molar-refractivity contribution in [2.75, 3.05) is 18.1 Å². The summed E-state index contributed by atoms with van der Waals surface area (Å²) in [5.41, 5.74) is 7.70. The van der Waals surface area contributed by atoms with E-state index in [1.165, 1.54) is 16.6 Å². The molecule has 2 aromatic heterocycles. The van der Waals surface area contributed by atoms with Crippen molar-refractivity contribution >= 4 is 39.4 Å². The van der Waals surface area contributed by atoms with Gasteiger partial charge in [-0.1, -0.05) is 0 Å². The quantitative estimate of drug-likeness (QED) is 0.685. The van der Waals surface area contributed by atoms with Gasteiger partial charge in [0.25, 0.3) is 0 Å². The van der Waals surface area contributed by atoms with Crippen molar-refractivity contribution < 1.29 is 8.60 Å². The zero-order valence-electron chi connectivity index (χ0n) is 15.3. The van der Waals surface area contributed by atoms with Gasteiger partial charge in [0, 0.05) is 36.1 Å². The average Bonchev–Trinajstić information content (AvgIpc) is 2.72. The summed E-state index contributed by atoms with van der Waals surface area (Å²) in [5, 5.41) is 12.9. The van der Waals surface area contributed by atoms with Gasteiger partial charge in [0.05, 0.1) is 17.4 Å². The molecule has 29 heavy (non-hydrogen) atoms. The van der Waals surface area contributed by atoms with E-state index >= 15 is 0 Å². The van der Waals surface area contributed by atoms with Gasteiger partial charge in [0.15, 0.2) is 5.82 Å². The second kappa shape index (κ2) is 7.44. The summed E-state index contributed by atoms with van der Waals surface area (Å²) < 4.78 is 28.0. The SMILES string of the molecule is CN1C(N)=NC(c2cc(Nc3nccc4cc(C#N)cnc34)ccc2F)CS1=O. The summed E-state index contributed by atoms with van der Waals surface area (Å²) in [5.74, 6) is 0.258. The zero-order valence-corrected chi connectivity index (χ0v) is 16.2. The van der Waals surface area contributed by atoms with Crippen molar-refractivity contribution in [3.63, 3.8) is 0 Å². The highest BCUT2D eigenvalue weighted by Gasteiger charge is 2.27. The normalized spacial score (nSPS) is 18.9. The van der Waals surface area contributed by atoms with Crippen molar-refractivity contribution in [1.29, 1.82) is 5.26 Å². The fourth-order valence-corrected chi connectivity index (χ4v) is 4.02. The highest BCUT2D eigenvalue weighted by molar-refractivity contribution is 7.83. The highest BCUT2D eigenvalue weighted by Crippen LogP contribution is 2.30. The molecule has 0 amide bonds. The highest BCUT2D eigenvalue weighted by atomic mass is 32.2. The number of guanidine groups is 1. The van der Waals surface area contributed by atoms with Crippen molar-refractivity contribution in [3.05, 3.63) is 59.7 Å². The summed E-state index contributed by atoms with van der Waals surface area (Å²) in [6.07, 6.45) is 3.07. The first kappa shape index (κ1) is 18.8. The number of aromatic nitrogens is 2. The number of nitrogens with one attached hydrogen (secondary N) is 1. The van der Waals surface area contributed by atoms with Gasteiger partial charge in [-0.3, -0.25) is 9.29 Å². The second-order valence-corrected chi connectivity index (χ2v) is 7.94. The van der Waals surface area contributed by atoms with Gasteiger partial charge in [-0.15, -0.1) is 0 Å². The van der Waals surface area contributed by atoms with Crippen LogP contribution in [0.4, 0.5) is 15.9 Å². The Hall–Kier alpha value is -3.58. The van der Waals surface area contributed by atoms with E-state index in [1.54, 1.807) is 37.5 Å². The van der Waals surface area contributed by atoms with Crippen LogP contribution in [0, 0.1) is 17.1 Å². The molecule has 146 valence electrons. The molecule has 0 saturated heterocycles. The molecular formula is C19H16FN7OS. The van der Waals surface area contributed by atoms with Gasteiger partial charge in [0.2, 0.25) is 5.96 Å². The van der Waals surface area contributed by atoms with E-state index in [0.29, 0.717) is 28.1 Å². The van der Waals surface area contributed by atoms with E-state index in [1.807, 2.05) is 0 Å². The fraction of sp³-hybridized carbons (Fsp3) is 0.158. The predicted octanol–water partition coefficient (Wildman–Crippen LogP) is 2.35. The Morgan fingerprint density at radius 3 is 2.93 bits per heavy atom. The number of nitriles is 1. The lowest BCUT2D eigenvalue weighted by molar-refractivity contribution is 0.578. The molecule has 0 bridgehead atoms. The van der Waals surface area contributed by atoms with Crippen LogP contribution >= 0.6 is 0 Å². The topological polar surface area (TPSA) is 120 Å². The number of anilines is 2. The van der Waals surface area contributed by atoms with Crippen LogP contribution in [0.25, 0.3) is 10.9 Å². The number of rotatable bonds is 3. The van der Waals surface area contributed by atoms with E-state index in [-0.39, 0.29) is 11.7 Å². The molecule has 10 heteroatoms. The van der Waals surface area contributed by atoms with Crippen molar-refractivity contribution in [3.8, 4) is 6.07 Å². The first-order chi connectivity index (χ1) is 14.0. The Morgan fingerprint density at radius 1 is 1.34 bits per heavy atom. The maximum Gasteiger partial charge on any atom is 0.203 e. The minimum absolute atomic E-state index is 0.102. The zero-order chi connectivity index (χ0) is 20.5. The van der Waals surface area contributed by atoms with E-state index in [0.717, 1.165) is 5.39 Å². The van der Waals surface area contributed by atoms with E-state index in [2.05, 4.69) is 26.3 Å². The molecule has 1 aliphatic heterocycles. The number of fused-ring (bicyclic) bond motifs is 1. The first-order valence-electron chi connectivity index (χ1n) is 8.63. The van der Waals surface area contributed by atoms with Crippen LogP contribution in [0.2, 0.25) is 0 Å². The predicted molar refractivity (Wildman–Crippen MR) is 109 cm³/mol. The van der Waals surface area contributed by atoms with Crippen LogP contribution in [0.1, 0.15) is 17.2 Å². The Labute approximate surface area is 168 Å². The summed E-state index contributed by atoms with van der Waals surface area (Å²) in [6.45, 7) is 0. The second-order valence-electron chi connectivity index (χ2n) is 6.42. The Balaban J connectivity index is 1.70. The minimum atomic E-state index is -1.38. The Morgan fingerprint density at radius 2 is 2.17 bits per heavy atom. The number of hydrogen-bond donors (Lipinski definition) is 2. The number of pyridine rings is 2. The summed E-state index contributed by atoms with van der Waals surface area (Å²) in [7, 11) is 0.201. The number of halogens is 1.